The molecule has 2 aromatic rings. The maximum absolute atomic E-state index is 12.7. The first-order valence-electron chi connectivity index (χ1n) is 10.6. The number of anilines is 2. The van der Waals surface area contributed by atoms with E-state index in [-0.39, 0.29) is 42.0 Å². The number of halogens is 2. The number of carbonyl (C=O) groups is 1. The van der Waals surface area contributed by atoms with Crippen LogP contribution in [0, 0.1) is 0 Å². The minimum absolute atomic E-state index is 0.0142. The molecule has 1 aromatic carbocycles. The lowest BCUT2D eigenvalue weighted by molar-refractivity contribution is -0.114. The number of hydrogen-bond acceptors (Lipinski definition) is 7. The van der Waals surface area contributed by atoms with Crippen LogP contribution >= 0.6 is 0 Å². The van der Waals surface area contributed by atoms with Gasteiger partial charge in [0.2, 0.25) is 5.91 Å². The first-order chi connectivity index (χ1) is 16.7. The minimum Gasteiger partial charge on any atom is -0.395 e. The zero-order chi connectivity index (χ0) is 27.0. The summed E-state index contributed by atoms with van der Waals surface area (Å²) in [6.45, 7) is 10.5. The number of nitrogens with two attached hydrogens (primary N) is 4. The molecule has 0 spiro atoms. The molecule has 1 amide bonds. The van der Waals surface area contributed by atoms with Crippen molar-refractivity contribution in [3.05, 3.63) is 78.5 Å². The lowest BCUT2D eigenvalue weighted by Gasteiger charge is -2.22. The second kappa shape index (κ2) is 16.4. The number of amidine groups is 1. The standard InChI is InChI=1S/C18H21FN8O.C4H7F.C2H6/c1-10(16(20)8-19)27(23)18(26-22)15-7-13(9-24-17(15)21)12-4-3-5-14(6-12)25-11(2)28;1-2-3-4-5;1-2/h3-9H,1,20,22-23H2,2H3,(H2,21,24)(H,25,28);2-3H,4H2,1H3;1-2H3/b16-8-,26-18-;3-2-;. The van der Waals surface area contributed by atoms with E-state index in [1.807, 2.05) is 19.9 Å². The lowest BCUT2D eigenvalue weighted by Crippen LogP contribution is -2.39. The van der Waals surface area contributed by atoms with Crippen LogP contribution < -0.4 is 28.5 Å². The number of nitrogens with one attached hydrogen (secondary N) is 1. The number of hydrogen-bond donors (Lipinski definition) is 5. The van der Waals surface area contributed by atoms with Crippen molar-refractivity contribution in [3.8, 4) is 11.1 Å². The van der Waals surface area contributed by atoms with E-state index in [1.54, 1.807) is 43.5 Å². The summed E-state index contributed by atoms with van der Waals surface area (Å²) >= 11 is 0. The summed E-state index contributed by atoms with van der Waals surface area (Å²) in [5, 5.41) is 7.24. The van der Waals surface area contributed by atoms with Gasteiger partial charge in [-0.3, -0.25) is 9.80 Å². The Bertz CT molecular complexity index is 1070. The summed E-state index contributed by atoms with van der Waals surface area (Å²) in [5.41, 5.74) is 13.4. The van der Waals surface area contributed by atoms with Gasteiger partial charge in [0, 0.05) is 24.4 Å². The number of rotatable bonds is 6. The maximum atomic E-state index is 12.7. The van der Waals surface area contributed by atoms with Gasteiger partial charge in [0.15, 0.2) is 5.84 Å². The third kappa shape index (κ3) is 9.64. The number of carbonyl (C=O) groups excluding carboxylic acids is 1. The smallest absolute Gasteiger partial charge is 0.221 e. The van der Waals surface area contributed by atoms with Crippen molar-refractivity contribution in [2.45, 2.75) is 27.7 Å². The van der Waals surface area contributed by atoms with Crippen LogP contribution in [0.25, 0.3) is 11.1 Å². The van der Waals surface area contributed by atoms with Gasteiger partial charge in [-0.15, -0.1) is 0 Å². The molecule has 0 unspecified atom stereocenters. The first-order valence-corrected chi connectivity index (χ1v) is 10.6. The number of amides is 1. The molecule has 11 heteroatoms. The van der Waals surface area contributed by atoms with Crippen LogP contribution in [0.4, 0.5) is 20.3 Å². The van der Waals surface area contributed by atoms with Crippen LogP contribution in [-0.4, -0.2) is 28.4 Å². The molecule has 9 nitrogen and oxygen atoms in total. The molecule has 0 saturated heterocycles. The molecule has 9 N–H and O–H groups in total. The third-order valence-electron chi connectivity index (χ3n) is 4.09. The van der Waals surface area contributed by atoms with Gasteiger partial charge in [-0.05, 0) is 30.7 Å². The summed E-state index contributed by atoms with van der Waals surface area (Å²) < 4.78 is 23.6. The van der Waals surface area contributed by atoms with Crippen molar-refractivity contribution in [2.24, 2.45) is 22.5 Å². The molecule has 35 heavy (non-hydrogen) atoms. The van der Waals surface area contributed by atoms with E-state index in [4.69, 9.17) is 23.2 Å². The Balaban J connectivity index is 0.00000146. The molecular weight excluding hydrogens is 454 g/mol. The maximum Gasteiger partial charge on any atom is 0.221 e. The van der Waals surface area contributed by atoms with Crippen LogP contribution in [-0.2, 0) is 4.79 Å². The highest BCUT2D eigenvalue weighted by atomic mass is 19.1. The van der Waals surface area contributed by atoms with Gasteiger partial charge in [-0.25, -0.2) is 19.6 Å². The number of nitrogen functional groups attached to an aromatic ring is 1. The molecule has 0 atom stereocenters. The second-order valence-electron chi connectivity index (χ2n) is 6.48. The fraction of sp³-hybridized carbons (Fsp3) is 0.208. The van der Waals surface area contributed by atoms with Crippen molar-refractivity contribution < 1.29 is 13.6 Å². The second-order valence-corrected chi connectivity index (χ2v) is 6.48. The van der Waals surface area contributed by atoms with Crippen LogP contribution in [0.2, 0.25) is 0 Å². The first kappa shape index (κ1) is 30.8. The average molecular weight is 489 g/mol. The SMILES string of the molecule is C/C=C\CF.C=C(/C(N)=C/F)N(N)/C(=N\N)c1cc(-c2cccc(NC(C)=O)c2)cnc1N.CC. The van der Waals surface area contributed by atoms with E-state index in [0.717, 1.165) is 10.6 Å². The topological polar surface area (TPSA) is 162 Å². The Kier molecular flexibility index (Phi) is 14.4. The number of aromatic nitrogens is 1. The van der Waals surface area contributed by atoms with E-state index in [0.29, 0.717) is 16.8 Å². The number of hydrazone groups is 1. The minimum atomic E-state index is -0.337. The predicted molar refractivity (Wildman–Crippen MR) is 140 cm³/mol. The van der Waals surface area contributed by atoms with E-state index in [1.165, 1.54) is 13.0 Å². The molecule has 0 aliphatic rings. The molecule has 0 bridgehead atoms. The van der Waals surface area contributed by atoms with Gasteiger partial charge in [-0.1, -0.05) is 44.7 Å². The summed E-state index contributed by atoms with van der Waals surface area (Å²) in [4.78, 5) is 15.4. The molecular formula is C24H34F2N8O. The van der Waals surface area contributed by atoms with Crippen LogP contribution in [0.1, 0.15) is 33.3 Å². The molecule has 0 aliphatic heterocycles. The van der Waals surface area contributed by atoms with Crippen LogP contribution in [0.5, 0.6) is 0 Å². The van der Waals surface area contributed by atoms with Crippen LogP contribution in [0.15, 0.2) is 78.1 Å². The largest absolute Gasteiger partial charge is 0.395 e. The Morgan fingerprint density at radius 1 is 1.29 bits per heavy atom. The van der Waals surface area contributed by atoms with Gasteiger partial charge in [-0.2, -0.15) is 5.10 Å². The zero-order valence-electron chi connectivity index (χ0n) is 20.4. The Morgan fingerprint density at radius 3 is 2.43 bits per heavy atom. The Hall–Kier alpha value is -4.25. The number of allylic oxidation sites excluding steroid dienone is 2. The summed E-state index contributed by atoms with van der Waals surface area (Å²) in [5.74, 6) is 11.3. The third-order valence-corrected chi connectivity index (χ3v) is 4.09. The summed E-state index contributed by atoms with van der Waals surface area (Å²) in [7, 11) is 0. The number of alkyl halides is 1. The normalized spacial score (nSPS) is 11.1. The van der Waals surface area contributed by atoms with Gasteiger partial charge >= 0.3 is 0 Å². The Morgan fingerprint density at radius 2 is 1.94 bits per heavy atom. The van der Waals surface area contributed by atoms with Gasteiger partial charge in [0.05, 0.1) is 17.0 Å². The number of benzene rings is 1. The van der Waals surface area contributed by atoms with Crippen molar-refractivity contribution in [3.63, 3.8) is 0 Å². The van der Waals surface area contributed by atoms with Crippen molar-refractivity contribution >= 4 is 23.2 Å². The fourth-order valence-electron chi connectivity index (χ4n) is 2.47. The van der Waals surface area contributed by atoms with E-state index in [9.17, 15) is 13.6 Å². The molecule has 2 rings (SSSR count). The molecule has 0 aliphatic carbocycles. The Labute approximate surface area is 204 Å². The number of hydrazine groups is 1. The summed E-state index contributed by atoms with van der Waals surface area (Å²) in [6, 6.07) is 8.77. The van der Waals surface area contributed by atoms with E-state index >= 15 is 0 Å². The van der Waals surface area contributed by atoms with Crippen molar-refractivity contribution in [1.29, 1.82) is 0 Å². The molecule has 1 heterocycles. The quantitative estimate of drug-likeness (QED) is 0.103. The van der Waals surface area contributed by atoms with Crippen molar-refractivity contribution in [1.82, 2.24) is 9.99 Å². The fourth-order valence-corrected chi connectivity index (χ4v) is 2.47. The molecule has 190 valence electrons. The highest BCUT2D eigenvalue weighted by molar-refractivity contribution is 6.04. The average Bonchev–Trinajstić information content (AvgIpc) is 2.86. The summed E-state index contributed by atoms with van der Waals surface area (Å²) in [6.07, 6.45) is 4.84. The monoisotopic (exact) mass is 488 g/mol. The van der Waals surface area contributed by atoms with Gasteiger partial charge in [0.25, 0.3) is 0 Å². The molecule has 1 aromatic heterocycles. The highest BCUT2D eigenvalue weighted by Gasteiger charge is 2.19. The molecule has 0 saturated carbocycles. The lowest BCUT2D eigenvalue weighted by atomic mass is 10.0. The molecule has 0 radical (unpaired) electrons. The zero-order valence-corrected chi connectivity index (χ0v) is 20.4. The predicted octanol–water partition coefficient (Wildman–Crippen LogP) is 3.93. The van der Waals surface area contributed by atoms with Crippen LogP contribution in [0.3, 0.4) is 0 Å². The van der Waals surface area contributed by atoms with Gasteiger partial charge < -0.3 is 22.6 Å². The van der Waals surface area contributed by atoms with E-state index < -0.39 is 0 Å². The number of nitrogens with zero attached hydrogens (tertiary/aromatic N) is 3. The van der Waals surface area contributed by atoms with E-state index in [2.05, 4.69) is 22.0 Å². The highest BCUT2D eigenvalue weighted by Crippen LogP contribution is 2.26. The van der Waals surface area contributed by atoms with Gasteiger partial charge in [0.1, 0.15) is 18.8 Å². The van der Waals surface area contributed by atoms with Crippen molar-refractivity contribution in [2.75, 3.05) is 17.7 Å². The number of pyridine rings is 1. The molecule has 0 fully saturated rings.